The van der Waals surface area contributed by atoms with Crippen molar-refractivity contribution < 1.29 is 24.5 Å². The van der Waals surface area contributed by atoms with Crippen molar-refractivity contribution in [1.29, 1.82) is 0 Å². The van der Waals surface area contributed by atoms with Gasteiger partial charge in [0.15, 0.2) is 0 Å². The second-order valence-electron chi connectivity index (χ2n) is 9.90. The third kappa shape index (κ3) is 5.82. The van der Waals surface area contributed by atoms with Crippen LogP contribution in [0.3, 0.4) is 0 Å². The summed E-state index contributed by atoms with van der Waals surface area (Å²) in [5.41, 5.74) is 7.93. The average molecular weight is 483 g/mol. The molecule has 5 N–H and O–H groups in total. The summed E-state index contributed by atoms with van der Waals surface area (Å²) in [5.74, 6) is 0.409. The predicted octanol–water partition coefficient (Wildman–Crippen LogP) is 1.34. The molecule has 2 aromatic carbocycles. The lowest BCUT2D eigenvalue weighted by Crippen LogP contribution is -2.38. The van der Waals surface area contributed by atoms with Gasteiger partial charge in [-0.2, -0.15) is 0 Å². The van der Waals surface area contributed by atoms with E-state index >= 15 is 0 Å². The van der Waals surface area contributed by atoms with Crippen LogP contribution in [-0.4, -0.2) is 71.9 Å². The zero-order valence-electron chi connectivity index (χ0n) is 20.4. The molecule has 2 heterocycles. The Morgan fingerprint density at radius 2 is 1.89 bits per heavy atom. The van der Waals surface area contributed by atoms with Crippen LogP contribution in [0.1, 0.15) is 64.1 Å². The number of β-amino-alcohol motifs (C(OH)–C–C–N with tert-alkyl or cyclic N) is 1. The Labute approximate surface area is 205 Å². The van der Waals surface area contributed by atoms with Gasteiger partial charge < -0.3 is 25.2 Å². The predicted molar refractivity (Wildman–Crippen MR) is 131 cm³/mol. The van der Waals surface area contributed by atoms with E-state index in [0.717, 1.165) is 24.2 Å². The highest BCUT2D eigenvalue weighted by molar-refractivity contribution is 5.96. The Bertz CT molecular complexity index is 1080. The molecule has 0 radical (unpaired) electrons. The van der Waals surface area contributed by atoms with Gasteiger partial charge in [-0.3, -0.25) is 20.4 Å². The maximum atomic E-state index is 13.5. The average Bonchev–Trinajstić information content (AvgIpc) is 3.51. The van der Waals surface area contributed by atoms with Crippen molar-refractivity contribution in [3.05, 3.63) is 64.7 Å². The number of aliphatic hydroxyl groups excluding tert-OH is 1. The number of aliphatic hydroxyl groups is 2. The van der Waals surface area contributed by atoms with Crippen LogP contribution in [-0.2, 0) is 0 Å². The van der Waals surface area contributed by atoms with Gasteiger partial charge in [-0.1, -0.05) is 18.2 Å². The molecule has 2 aliphatic rings. The molecule has 2 amide bonds. The Kier molecular flexibility index (Phi) is 7.42. The van der Waals surface area contributed by atoms with Crippen molar-refractivity contribution in [2.45, 2.75) is 43.9 Å². The highest BCUT2D eigenvalue weighted by Gasteiger charge is 2.36. The van der Waals surface area contributed by atoms with E-state index < -0.39 is 11.7 Å². The van der Waals surface area contributed by atoms with E-state index in [1.165, 1.54) is 0 Å². The molecule has 4 rings (SSSR count). The molecule has 0 aliphatic carbocycles. The van der Waals surface area contributed by atoms with Gasteiger partial charge >= 0.3 is 0 Å². The zero-order chi connectivity index (χ0) is 25.2. The number of ether oxygens (including phenoxy) is 1. The van der Waals surface area contributed by atoms with Crippen LogP contribution in [0.25, 0.3) is 0 Å². The lowest BCUT2D eigenvalue weighted by atomic mass is 9.97. The first-order valence-electron chi connectivity index (χ1n) is 11.9. The molecular formula is C26H34N4O5. The lowest BCUT2D eigenvalue weighted by molar-refractivity contribution is 0.0693. The summed E-state index contributed by atoms with van der Waals surface area (Å²) in [7, 11) is 1.60. The number of benzene rings is 2. The summed E-state index contributed by atoms with van der Waals surface area (Å²) >= 11 is 0. The molecule has 2 aliphatic heterocycles. The smallest absolute Gasteiger partial charge is 0.254 e. The van der Waals surface area contributed by atoms with E-state index in [-0.39, 0.29) is 36.9 Å². The van der Waals surface area contributed by atoms with Gasteiger partial charge in [0.05, 0.1) is 24.9 Å². The molecule has 35 heavy (non-hydrogen) atoms. The number of rotatable bonds is 7. The molecule has 188 valence electrons. The van der Waals surface area contributed by atoms with Crippen LogP contribution in [0, 0.1) is 0 Å². The van der Waals surface area contributed by atoms with E-state index in [4.69, 9.17) is 4.74 Å². The van der Waals surface area contributed by atoms with Crippen LogP contribution in [0.15, 0.2) is 42.5 Å². The third-order valence-corrected chi connectivity index (χ3v) is 6.50. The quantitative estimate of drug-likeness (QED) is 0.404. The third-order valence-electron chi connectivity index (χ3n) is 6.50. The molecule has 1 unspecified atom stereocenters. The van der Waals surface area contributed by atoms with Gasteiger partial charge in [0.2, 0.25) is 0 Å². The molecule has 2 atom stereocenters. The maximum absolute atomic E-state index is 13.5. The standard InChI is InChI=1S/C26H34N4O5/c1-26(2,34)15-27-24(32)17-6-4-5-16(9-17)22-11-20(31)14-30(22)25(33)18-7-8-21(23(10-18)35-3)19-12-28-29-13-19/h4-10,19-20,22,28-29,31,34H,11-15H2,1-3H3,(H,27,32)/t20?,22-/m1/s1. The second kappa shape index (κ2) is 10.3. The van der Waals surface area contributed by atoms with E-state index in [2.05, 4.69) is 16.2 Å². The van der Waals surface area contributed by atoms with E-state index in [1.807, 2.05) is 12.1 Å². The van der Waals surface area contributed by atoms with Crippen molar-refractivity contribution in [1.82, 2.24) is 21.1 Å². The number of amides is 2. The molecule has 2 saturated heterocycles. The number of likely N-dealkylation sites (tertiary alicyclic amines) is 1. The number of nitrogens with zero attached hydrogens (tertiary/aromatic N) is 1. The van der Waals surface area contributed by atoms with Gasteiger partial charge in [-0.25, -0.2) is 0 Å². The van der Waals surface area contributed by atoms with Crippen LogP contribution < -0.4 is 20.9 Å². The fraction of sp³-hybridized carbons (Fsp3) is 0.462. The summed E-state index contributed by atoms with van der Waals surface area (Å²) in [6, 6.07) is 12.2. The van der Waals surface area contributed by atoms with Crippen molar-refractivity contribution in [2.75, 3.05) is 33.3 Å². The molecule has 9 nitrogen and oxygen atoms in total. The zero-order valence-corrected chi connectivity index (χ0v) is 20.4. The molecular weight excluding hydrogens is 448 g/mol. The highest BCUT2D eigenvalue weighted by atomic mass is 16.5. The van der Waals surface area contributed by atoms with Gasteiger partial charge in [-0.15, -0.1) is 0 Å². The summed E-state index contributed by atoms with van der Waals surface area (Å²) in [5, 5.41) is 23.0. The SMILES string of the molecule is COc1cc(C(=O)N2CC(O)C[C@@H]2c2cccc(C(=O)NCC(C)(C)O)c2)ccc1C1CNNC1. The van der Waals surface area contributed by atoms with Crippen molar-refractivity contribution >= 4 is 11.8 Å². The number of carbonyl (C=O) groups is 2. The topological polar surface area (TPSA) is 123 Å². The van der Waals surface area contributed by atoms with Crippen molar-refractivity contribution in [3.8, 4) is 5.75 Å². The number of hydrogen-bond donors (Lipinski definition) is 5. The molecule has 0 spiro atoms. The number of carbonyl (C=O) groups excluding carboxylic acids is 2. The fourth-order valence-electron chi connectivity index (χ4n) is 4.67. The van der Waals surface area contributed by atoms with Gasteiger partial charge in [0.1, 0.15) is 5.75 Å². The fourth-order valence-corrected chi connectivity index (χ4v) is 4.67. The minimum absolute atomic E-state index is 0.119. The first kappa shape index (κ1) is 25.1. The molecule has 2 fully saturated rings. The van der Waals surface area contributed by atoms with Crippen molar-refractivity contribution in [2.24, 2.45) is 0 Å². The Hall–Kier alpha value is -2.98. The largest absolute Gasteiger partial charge is 0.496 e. The van der Waals surface area contributed by atoms with Crippen molar-refractivity contribution in [3.63, 3.8) is 0 Å². The normalized spacial score (nSPS) is 20.8. The maximum Gasteiger partial charge on any atom is 0.254 e. The molecule has 0 aromatic heterocycles. The van der Waals surface area contributed by atoms with Gasteiger partial charge in [-0.05, 0) is 55.7 Å². The van der Waals surface area contributed by atoms with E-state index in [0.29, 0.717) is 23.3 Å². The molecule has 0 bridgehead atoms. The van der Waals surface area contributed by atoms with E-state index in [9.17, 15) is 19.8 Å². The number of nitrogens with one attached hydrogen (secondary N) is 3. The van der Waals surface area contributed by atoms with Crippen LogP contribution >= 0.6 is 0 Å². The molecule has 9 heteroatoms. The lowest BCUT2D eigenvalue weighted by Gasteiger charge is -2.26. The minimum Gasteiger partial charge on any atom is -0.496 e. The van der Waals surface area contributed by atoms with Gasteiger partial charge in [0, 0.05) is 43.2 Å². The summed E-state index contributed by atoms with van der Waals surface area (Å²) in [6.45, 7) is 5.13. The summed E-state index contributed by atoms with van der Waals surface area (Å²) in [6.07, 6.45) is -0.275. The molecule has 0 saturated carbocycles. The number of methoxy groups -OCH3 is 1. The Morgan fingerprint density at radius 1 is 1.14 bits per heavy atom. The summed E-state index contributed by atoms with van der Waals surface area (Å²) < 4.78 is 5.59. The van der Waals surface area contributed by atoms with E-state index in [1.54, 1.807) is 56.2 Å². The minimum atomic E-state index is -1.02. The first-order valence-corrected chi connectivity index (χ1v) is 11.9. The Balaban J connectivity index is 1.55. The van der Waals surface area contributed by atoms with Crippen LogP contribution in [0.5, 0.6) is 5.75 Å². The van der Waals surface area contributed by atoms with Crippen LogP contribution in [0.4, 0.5) is 0 Å². The van der Waals surface area contributed by atoms with Crippen LogP contribution in [0.2, 0.25) is 0 Å². The summed E-state index contributed by atoms with van der Waals surface area (Å²) in [4.78, 5) is 27.8. The number of hydrogen-bond acceptors (Lipinski definition) is 7. The first-order chi connectivity index (χ1) is 16.7. The monoisotopic (exact) mass is 482 g/mol. The highest BCUT2D eigenvalue weighted by Crippen LogP contribution is 2.35. The second-order valence-corrected chi connectivity index (χ2v) is 9.90. The Morgan fingerprint density at radius 3 is 2.57 bits per heavy atom. The molecule has 2 aromatic rings. The number of hydrazine groups is 1. The van der Waals surface area contributed by atoms with Gasteiger partial charge in [0.25, 0.3) is 11.8 Å².